The van der Waals surface area contributed by atoms with Gasteiger partial charge in [0.15, 0.2) is 6.17 Å². The molecule has 6 heteroatoms. The van der Waals surface area contributed by atoms with Crippen molar-refractivity contribution in [2.45, 2.75) is 83.4 Å². The number of nitrogens with zero attached hydrogens (tertiary/aromatic N) is 2. The molecule has 4 aliphatic rings. The van der Waals surface area contributed by atoms with Gasteiger partial charge in [-0.2, -0.15) is 0 Å². The highest BCUT2D eigenvalue weighted by atomic mass is 16.5. The average Bonchev–Trinajstić information content (AvgIpc) is 3.14. The summed E-state index contributed by atoms with van der Waals surface area (Å²) in [4.78, 5) is 17.5. The van der Waals surface area contributed by atoms with Gasteiger partial charge in [0, 0.05) is 24.3 Å². The van der Waals surface area contributed by atoms with E-state index in [1.165, 1.54) is 51.4 Å². The Bertz CT molecular complexity index is 591. The molecular weight excluding hydrogens is 342 g/mol. The number of rotatable bonds is 5. The molecule has 0 radical (unpaired) electrons. The molecule has 0 aromatic carbocycles. The minimum atomic E-state index is -0.276. The number of nitrogens with one attached hydrogen (secondary N) is 1. The molecule has 1 N–H and O–H groups in total. The van der Waals surface area contributed by atoms with E-state index in [0.29, 0.717) is 19.1 Å². The van der Waals surface area contributed by atoms with Crippen LogP contribution in [-0.2, 0) is 14.3 Å². The van der Waals surface area contributed by atoms with Gasteiger partial charge in [0.05, 0.1) is 6.61 Å². The molecule has 0 aromatic rings. The van der Waals surface area contributed by atoms with Crippen LogP contribution in [0.25, 0.3) is 0 Å². The summed E-state index contributed by atoms with van der Waals surface area (Å²) in [6.07, 6.45) is 14.4. The van der Waals surface area contributed by atoms with E-state index in [0.717, 1.165) is 24.4 Å². The lowest BCUT2D eigenvalue weighted by Gasteiger charge is -2.36. The zero-order chi connectivity index (χ0) is 18.6. The second-order valence-electron chi connectivity index (χ2n) is 8.25. The van der Waals surface area contributed by atoms with E-state index in [9.17, 15) is 4.79 Å². The number of allylic oxidation sites excluding steroid dienone is 1. The number of fused-ring (bicyclic) bond motifs is 1. The molecule has 6 nitrogen and oxygen atoms in total. The summed E-state index contributed by atoms with van der Waals surface area (Å²) in [5.74, 6) is 0.911. The first-order chi connectivity index (χ1) is 13.3. The lowest BCUT2D eigenvalue weighted by Crippen LogP contribution is -2.43. The molecule has 0 amide bonds. The minimum Gasteiger partial charge on any atom is -0.475 e. The fourth-order valence-corrected chi connectivity index (χ4v) is 4.84. The van der Waals surface area contributed by atoms with Crippen molar-refractivity contribution in [1.29, 1.82) is 0 Å². The minimum absolute atomic E-state index is 0.164. The molecule has 2 unspecified atom stereocenters. The summed E-state index contributed by atoms with van der Waals surface area (Å²) in [5.41, 5.74) is 4.47. The van der Waals surface area contributed by atoms with Gasteiger partial charge in [0.2, 0.25) is 5.88 Å². The molecule has 2 saturated carbocycles. The molecule has 1 saturated heterocycles. The van der Waals surface area contributed by atoms with E-state index < -0.39 is 0 Å². The molecule has 4 rings (SSSR count). The van der Waals surface area contributed by atoms with E-state index in [1.807, 2.05) is 11.9 Å². The largest absolute Gasteiger partial charge is 0.475 e. The maximum atomic E-state index is 12.5. The molecule has 0 spiro atoms. The first-order valence-corrected chi connectivity index (χ1v) is 10.9. The van der Waals surface area contributed by atoms with Crippen LogP contribution in [0, 0.1) is 11.8 Å². The highest BCUT2D eigenvalue weighted by molar-refractivity contribution is 5.98. The van der Waals surface area contributed by atoms with Crippen molar-refractivity contribution in [2.75, 3.05) is 13.2 Å². The van der Waals surface area contributed by atoms with Crippen LogP contribution in [-0.4, -0.2) is 42.1 Å². The van der Waals surface area contributed by atoms with Gasteiger partial charge in [-0.05, 0) is 45.4 Å². The van der Waals surface area contributed by atoms with E-state index in [4.69, 9.17) is 14.5 Å². The summed E-state index contributed by atoms with van der Waals surface area (Å²) in [5, 5.41) is 1.97. The van der Waals surface area contributed by atoms with Crippen LogP contribution in [0.4, 0.5) is 0 Å². The number of carbonyl (C=O) groups excluding carboxylic acids is 1. The van der Waals surface area contributed by atoms with Crippen LogP contribution < -0.4 is 5.43 Å². The second kappa shape index (κ2) is 8.63. The van der Waals surface area contributed by atoms with Crippen LogP contribution in [0.2, 0.25) is 0 Å². The first kappa shape index (κ1) is 18.8. The van der Waals surface area contributed by atoms with Gasteiger partial charge < -0.3 is 9.47 Å². The van der Waals surface area contributed by atoms with Gasteiger partial charge in [-0.3, -0.25) is 14.8 Å². The average molecular weight is 376 g/mol. The van der Waals surface area contributed by atoms with Crippen molar-refractivity contribution in [2.24, 2.45) is 16.8 Å². The number of esters is 1. The number of hydrogen-bond donors (Lipinski definition) is 1. The Morgan fingerprint density at radius 2 is 1.85 bits per heavy atom. The van der Waals surface area contributed by atoms with Crippen molar-refractivity contribution >= 4 is 11.7 Å². The second-order valence-corrected chi connectivity index (χ2v) is 8.25. The topological polar surface area (TPSA) is 63.2 Å². The van der Waals surface area contributed by atoms with Crippen LogP contribution in [0.3, 0.4) is 0 Å². The summed E-state index contributed by atoms with van der Waals surface area (Å²) >= 11 is 0. The summed E-state index contributed by atoms with van der Waals surface area (Å²) in [6, 6.07) is 0. The number of ether oxygens (including phenoxy) is 2. The van der Waals surface area contributed by atoms with Crippen molar-refractivity contribution in [3.8, 4) is 0 Å². The zero-order valence-electron chi connectivity index (χ0n) is 16.5. The maximum absolute atomic E-state index is 12.5. The summed E-state index contributed by atoms with van der Waals surface area (Å²) in [6.45, 7) is 2.81. The fraction of sp³-hybridized carbons (Fsp3) is 0.810. The zero-order valence-corrected chi connectivity index (χ0v) is 16.5. The number of carbonyl (C=O) groups is 1. The van der Waals surface area contributed by atoms with E-state index >= 15 is 0 Å². The van der Waals surface area contributed by atoms with Gasteiger partial charge in [0.25, 0.3) is 0 Å². The molecular formula is C21H33N3O3. The third-order valence-electron chi connectivity index (χ3n) is 6.35. The normalized spacial score (nSPS) is 29.7. The smallest absolute Gasteiger partial charge is 0.314 e. The molecule has 0 bridgehead atoms. The van der Waals surface area contributed by atoms with Gasteiger partial charge >= 0.3 is 5.97 Å². The van der Waals surface area contributed by atoms with Crippen LogP contribution in [0.5, 0.6) is 0 Å². The third kappa shape index (κ3) is 4.15. The quantitative estimate of drug-likeness (QED) is 0.745. The Morgan fingerprint density at radius 3 is 2.56 bits per heavy atom. The summed E-state index contributed by atoms with van der Waals surface area (Å²) < 4.78 is 11.8. The van der Waals surface area contributed by atoms with Crippen molar-refractivity contribution in [3.05, 3.63) is 12.0 Å². The number of hydrogen-bond acceptors (Lipinski definition) is 6. The fourth-order valence-electron chi connectivity index (χ4n) is 4.84. The molecule has 27 heavy (non-hydrogen) atoms. The van der Waals surface area contributed by atoms with Gasteiger partial charge in [-0.15, -0.1) is 0 Å². The molecule has 2 heterocycles. The lowest BCUT2D eigenvalue weighted by molar-refractivity contribution is -0.148. The number of hydrazine groups is 1. The van der Waals surface area contributed by atoms with Crippen LogP contribution >= 0.6 is 0 Å². The van der Waals surface area contributed by atoms with Crippen molar-refractivity contribution in [3.63, 3.8) is 0 Å². The Morgan fingerprint density at radius 1 is 1.15 bits per heavy atom. The Kier molecular flexibility index (Phi) is 6.01. The Labute approximate surface area is 162 Å². The number of aliphatic imine (C=N–C) groups is 1. The molecule has 2 atom stereocenters. The van der Waals surface area contributed by atoms with Crippen LogP contribution in [0.15, 0.2) is 17.0 Å². The highest BCUT2D eigenvalue weighted by Crippen LogP contribution is 2.34. The third-order valence-corrected chi connectivity index (χ3v) is 6.35. The van der Waals surface area contributed by atoms with Crippen molar-refractivity contribution < 1.29 is 14.3 Å². The van der Waals surface area contributed by atoms with Gasteiger partial charge in [-0.25, -0.2) is 5.43 Å². The molecule has 2 aliphatic heterocycles. The van der Waals surface area contributed by atoms with Gasteiger partial charge in [0.1, 0.15) is 12.0 Å². The first-order valence-electron chi connectivity index (χ1n) is 10.9. The van der Waals surface area contributed by atoms with Gasteiger partial charge in [-0.1, -0.05) is 25.7 Å². The van der Waals surface area contributed by atoms with E-state index in [2.05, 4.69) is 11.5 Å². The highest BCUT2D eigenvalue weighted by Gasteiger charge is 2.44. The van der Waals surface area contributed by atoms with E-state index in [-0.39, 0.29) is 24.2 Å². The molecule has 0 aromatic heterocycles. The predicted octanol–water partition coefficient (Wildman–Crippen LogP) is 3.54. The maximum Gasteiger partial charge on any atom is 0.314 e. The molecule has 2 aliphatic carbocycles. The Hall–Kier alpha value is -1.56. The summed E-state index contributed by atoms with van der Waals surface area (Å²) in [7, 11) is 0. The van der Waals surface area contributed by atoms with E-state index in [1.54, 1.807) is 0 Å². The SMILES string of the molecule is CCOC(=O)C1CNN2C(OC3CCCCC3)=CC(C3CCCCC3)=NC12. The van der Waals surface area contributed by atoms with Crippen LogP contribution in [0.1, 0.15) is 71.1 Å². The predicted molar refractivity (Wildman–Crippen MR) is 104 cm³/mol. The van der Waals surface area contributed by atoms with Crippen molar-refractivity contribution in [1.82, 2.24) is 10.4 Å². The molecule has 3 fully saturated rings. The molecule has 150 valence electrons. The standard InChI is InChI=1S/C21H33N3O3/c1-2-26-21(25)17-14-22-24-19(27-16-11-7-4-8-12-16)13-18(23-20(17)24)15-9-5-3-6-10-15/h13,15-17,20,22H,2-12,14H2,1H3. The lowest BCUT2D eigenvalue weighted by atomic mass is 9.85. The monoisotopic (exact) mass is 375 g/mol. The Balaban J connectivity index is 1.56.